The second-order valence-corrected chi connectivity index (χ2v) is 5.33. The number of carbonyl (C=O) groups is 2. The van der Waals surface area contributed by atoms with Gasteiger partial charge in [-0.2, -0.15) is 0 Å². The molecule has 5 nitrogen and oxygen atoms in total. The Morgan fingerprint density at radius 1 is 0.917 bits per heavy atom. The molecule has 0 aliphatic carbocycles. The highest BCUT2D eigenvalue weighted by Gasteiger charge is 2.08. The Labute approximate surface area is 139 Å². The molecule has 0 spiro atoms. The maximum Gasteiger partial charge on any atom is 0.251 e. The molecule has 2 aromatic carbocycles. The fourth-order valence-electron chi connectivity index (χ4n) is 2.36. The first-order chi connectivity index (χ1) is 11.7. The number of anilines is 1. The van der Waals surface area contributed by atoms with Crippen molar-refractivity contribution in [1.29, 1.82) is 0 Å². The number of rotatable bonds is 5. The lowest BCUT2D eigenvalue weighted by molar-refractivity contribution is -0.116. The van der Waals surface area contributed by atoms with Crippen LogP contribution in [0.25, 0.3) is 10.8 Å². The summed E-state index contributed by atoms with van der Waals surface area (Å²) in [7, 11) is 0. The SMILES string of the molecule is O=C(CCNC(=O)c1ccc2ccccc2c1)Nc1ccccn1. The number of carbonyl (C=O) groups excluding carboxylic acids is 2. The minimum atomic E-state index is -0.189. The molecule has 1 aromatic heterocycles. The van der Waals surface area contributed by atoms with Crippen molar-refractivity contribution in [2.24, 2.45) is 0 Å². The number of nitrogens with one attached hydrogen (secondary N) is 2. The van der Waals surface area contributed by atoms with Gasteiger partial charge in [0, 0.05) is 24.7 Å². The minimum absolute atomic E-state index is 0.187. The van der Waals surface area contributed by atoms with Crippen molar-refractivity contribution in [1.82, 2.24) is 10.3 Å². The number of aromatic nitrogens is 1. The summed E-state index contributed by atoms with van der Waals surface area (Å²) in [6, 6.07) is 18.7. The maximum atomic E-state index is 12.2. The third kappa shape index (κ3) is 3.95. The number of pyridine rings is 1. The highest BCUT2D eigenvalue weighted by Crippen LogP contribution is 2.15. The molecule has 2 N–H and O–H groups in total. The summed E-state index contributed by atoms with van der Waals surface area (Å²) in [5.41, 5.74) is 0.582. The van der Waals surface area contributed by atoms with Crippen LogP contribution >= 0.6 is 0 Å². The molecule has 0 aliphatic rings. The predicted molar refractivity (Wildman–Crippen MR) is 93.8 cm³/mol. The summed E-state index contributed by atoms with van der Waals surface area (Å²) >= 11 is 0. The Morgan fingerprint density at radius 3 is 2.50 bits per heavy atom. The Bertz CT molecular complexity index is 863. The van der Waals surface area contributed by atoms with E-state index in [-0.39, 0.29) is 24.8 Å². The monoisotopic (exact) mass is 319 g/mol. The second kappa shape index (κ2) is 7.37. The zero-order valence-electron chi connectivity index (χ0n) is 13.0. The lowest BCUT2D eigenvalue weighted by Gasteiger charge is -2.07. The zero-order chi connectivity index (χ0) is 16.8. The van der Waals surface area contributed by atoms with Crippen LogP contribution in [0.2, 0.25) is 0 Å². The molecule has 5 heteroatoms. The van der Waals surface area contributed by atoms with Gasteiger partial charge in [0.1, 0.15) is 5.82 Å². The molecular formula is C19H17N3O2. The van der Waals surface area contributed by atoms with Gasteiger partial charge in [-0.05, 0) is 35.0 Å². The zero-order valence-corrected chi connectivity index (χ0v) is 13.0. The largest absolute Gasteiger partial charge is 0.352 e. The number of benzene rings is 2. The van der Waals surface area contributed by atoms with Crippen molar-refractivity contribution in [2.45, 2.75) is 6.42 Å². The van der Waals surface area contributed by atoms with Crippen LogP contribution in [0, 0.1) is 0 Å². The van der Waals surface area contributed by atoms with E-state index in [4.69, 9.17) is 0 Å². The first-order valence-electron chi connectivity index (χ1n) is 7.70. The molecule has 24 heavy (non-hydrogen) atoms. The standard InChI is InChI=1S/C19H17N3O2/c23-18(22-17-7-3-4-11-20-17)10-12-21-19(24)16-9-8-14-5-1-2-6-15(14)13-16/h1-9,11,13H,10,12H2,(H,21,24)(H,20,22,23). The van der Waals surface area contributed by atoms with E-state index in [1.54, 1.807) is 30.5 Å². The van der Waals surface area contributed by atoms with Crippen LogP contribution in [0.1, 0.15) is 16.8 Å². The van der Waals surface area contributed by atoms with Gasteiger partial charge in [-0.3, -0.25) is 9.59 Å². The lowest BCUT2D eigenvalue weighted by Crippen LogP contribution is -2.27. The van der Waals surface area contributed by atoms with Gasteiger partial charge in [-0.15, -0.1) is 0 Å². The highest BCUT2D eigenvalue weighted by atomic mass is 16.2. The molecule has 3 rings (SSSR count). The number of hydrogen-bond donors (Lipinski definition) is 2. The van der Waals surface area contributed by atoms with Gasteiger partial charge >= 0.3 is 0 Å². The van der Waals surface area contributed by atoms with E-state index in [2.05, 4.69) is 15.6 Å². The summed E-state index contributed by atoms with van der Waals surface area (Å²) in [5, 5.41) is 7.54. The van der Waals surface area contributed by atoms with Gasteiger partial charge in [0.25, 0.3) is 5.91 Å². The number of nitrogens with zero attached hydrogens (tertiary/aromatic N) is 1. The van der Waals surface area contributed by atoms with Gasteiger partial charge in [-0.1, -0.05) is 36.4 Å². The summed E-state index contributed by atoms with van der Waals surface area (Å²) in [6.07, 6.45) is 1.80. The van der Waals surface area contributed by atoms with Crippen molar-refractivity contribution in [3.63, 3.8) is 0 Å². The fourth-order valence-corrected chi connectivity index (χ4v) is 2.36. The van der Waals surface area contributed by atoms with Gasteiger partial charge in [0.15, 0.2) is 0 Å². The molecule has 0 bridgehead atoms. The molecule has 0 unspecified atom stereocenters. The van der Waals surface area contributed by atoms with Gasteiger partial charge < -0.3 is 10.6 Å². The molecule has 0 saturated carbocycles. The van der Waals surface area contributed by atoms with E-state index in [0.29, 0.717) is 11.4 Å². The summed E-state index contributed by atoms with van der Waals surface area (Å²) in [5.74, 6) is 0.127. The third-order valence-electron chi connectivity index (χ3n) is 3.58. The van der Waals surface area contributed by atoms with Gasteiger partial charge in [-0.25, -0.2) is 4.98 Å². The Morgan fingerprint density at radius 2 is 1.71 bits per heavy atom. The van der Waals surface area contributed by atoms with Gasteiger partial charge in [0.2, 0.25) is 5.91 Å². The summed E-state index contributed by atoms with van der Waals surface area (Å²) in [6.45, 7) is 0.268. The number of hydrogen-bond acceptors (Lipinski definition) is 3. The molecule has 0 radical (unpaired) electrons. The summed E-state index contributed by atoms with van der Waals surface area (Å²) in [4.78, 5) is 28.0. The van der Waals surface area contributed by atoms with E-state index < -0.39 is 0 Å². The van der Waals surface area contributed by atoms with Crippen molar-refractivity contribution in [3.8, 4) is 0 Å². The second-order valence-electron chi connectivity index (χ2n) is 5.33. The van der Waals surface area contributed by atoms with Crippen molar-refractivity contribution >= 4 is 28.4 Å². The van der Waals surface area contributed by atoms with Crippen molar-refractivity contribution in [2.75, 3.05) is 11.9 Å². The van der Waals surface area contributed by atoms with Gasteiger partial charge in [0.05, 0.1) is 0 Å². The number of amides is 2. The molecule has 3 aromatic rings. The first-order valence-corrected chi connectivity index (χ1v) is 7.70. The fraction of sp³-hybridized carbons (Fsp3) is 0.105. The number of fused-ring (bicyclic) bond motifs is 1. The molecule has 0 atom stereocenters. The van der Waals surface area contributed by atoms with Crippen LogP contribution in [0.15, 0.2) is 66.9 Å². The van der Waals surface area contributed by atoms with Crippen LogP contribution < -0.4 is 10.6 Å². The highest BCUT2D eigenvalue weighted by molar-refractivity contribution is 5.99. The third-order valence-corrected chi connectivity index (χ3v) is 3.58. The van der Waals surface area contributed by atoms with E-state index in [0.717, 1.165) is 10.8 Å². The smallest absolute Gasteiger partial charge is 0.251 e. The minimum Gasteiger partial charge on any atom is -0.352 e. The topological polar surface area (TPSA) is 71.1 Å². The predicted octanol–water partition coefficient (Wildman–Crippen LogP) is 2.99. The Hall–Kier alpha value is -3.21. The van der Waals surface area contributed by atoms with E-state index in [1.807, 2.05) is 36.4 Å². The van der Waals surface area contributed by atoms with Crippen molar-refractivity contribution in [3.05, 3.63) is 72.4 Å². The summed E-state index contributed by atoms with van der Waals surface area (Å²) < 4.78 is 0. The Kier molecular flexibility index (Phi) is 4.81. The normalized spacial score (nSPS) is 10.3. The van der Waals surface area contributed by atoms with Crippen LogP contribution in [0.5, 0.6) is 0 Å². The van der Waals surface area contributed by atoms with Crippen LogP contribution in [-0.4, -0.2) is 23.3 Å². The molecule has 2 amide bonds. The molecule has 0 saturated heterocycles. The van der Waals surface area contributed by atoms with Crippen LogP contribution in [0.4, 0.5) is 5.82 Å². The van der Waals surface area contributed by atoms with Crippen LogP contribution in [-0.2, 0) is 4.79 Å². The molecule has 120 valence electrons. The molecule has 0 fully saturated rings. The van der Waals surface area contributed by atoms with E-state index in [9.17, 15) is 9.59 Å². The Balaban J connectivity index is 1.52. The maximum absolute atomic E-state index is 12.2. The van der Waals surface area contributed by atoms with E-state index >= 15 is 0 Å². The lowest BCUT2D eigenvalue weighted by atomic mass is 10.1. The molecule has 1 heterocycles. The first kappa shape index (κ1) is 15.7. The quantitative estimate of drug-likeness (QED) is 0.759. The average molecular weight is 319 g/mol. The van der Waals surface area contributed by atoms with Crippen LogP contribution in [0.3, 0.4) is 0 Å². The average Bonchev–Trinajstić information content (AvgIpc) is 2.62. The molecular weight excluding hydrogens is 302 g/mol. The van der Waals surface area contributed by atoms with Crippen molar-refractivity contribution < 1.29 is 9.59 Å². The molecule has 0 aliphatic heterocycles. The van der Waals surface area contributed by atoms with E-state index in [1.165, 1.54) is 0 Å².